The monoisotopic (exact) mass is 488 g/mol. The molecule has 8 heteroatoms. The number of rotatable bonds is 5. The summed E-state index contributed by atoms with van der Waals surface area (Å²) in [7, 11) is 3.28. The SMILES string of the molecule is COc1cc2c(cc1OC)C(c1cccs1)N(C(=O)Nc1c(C)nn(-c3ccccc3)c1C)CC2. The molecule has 7 nitrogen and oxygen atoms in total. The van der Waals surface area contributed by atoms with Crippen molar-refractivity contribution < 1.29 is 14.3 Å². The molecular formula is C27H28N4O3S. The minimum absolute atomic E-state index is 0.150. The number of nitrogens with one attached hydrogen (secondary N) is 1. The van der Waals surface area contributed by atoms with Crippen molar-refractivity contribution in [1.82, 2.24) is 14.7 Å². The molecule has 1 unspecified atom stereocenters. The fraction of sp³-hybridized carbons (Fsp3) is 0.259. The summed E-state index contributed by atoms with van der Waals surface area (Å²) in [4.78, 5) is 16.7. The molecule has 0 spiro atoms. The Morgan fingerprint density at radius 1 is 1.06 bits per heavy atom. The number of carbonyl (C=O) groups is 1. The fourth-order valence-corrected chi connectivity index (χ4v) is 5.60. The smallest absolute Gasteiger partial charge is 0.322 e. The first-order chi connectivity index (χ1) is 17.0. The Bertz CT molecular complexity index is 1350. The van der Waals surface area contributed by atoms with Crippen LogP contribution in [0.15, 0.2) is 60.0 Å². The van der Waals surface area contributed by atoms with Gasteiger partial charge in [-0.15, -0.1) is 11.3 Å². The number of anilines is 1. The van der Waals surface area contributed by atoms with Crippen LogP contribution >= 0.6 is 11.3 Å². The standard InChI is InChI=1S/C27H28N4O3S/c1-17-25(18(2)31(29-17)20-9-6-5-7-10-20)28-27(32)30-13-12-19-15-22(33-3)23(34-4)16-21(19)26(30)24-11-8-14-35-24/h5-11,14-16,26H,12-13H2,1-4H3,(H,28,32). The van der Waals surface area contributed by atoms with Crippen LogP contribution in [-0.4, -0.2) is 41.5 Å². The van der Waals surface area contributed by atoms with Crippen LogP contribution < -0.4 is 14.8 Å². The van der Waals surface area contributed by atoms with Crippen LogP contribution in [0.25, 0.3) is 5.69 Å². The van der Waals surface area contributed by atoms with Gasteiger partial charge in [0.2, 0.25) is 0 Å². The Morgan fingerprint density at radius 2 is 1.80 bits per heavy atom. The maximum atomic E-state index is 13.7. The number of hydrogen-bond acceptors (Lipinski definition) is 5. The number of nitrogens with zero attached hydrogens (tertiary/aromatic N) is 3. The van der Waals surface area contributed by atoms with Crippen LogP contribution in [0.4, 0.5) is 10.5 Å². The summed E-state index contributed by atoms with van der Waals surface area (Å²) in [6.45, 7) is 4.48. The summed E-state index contributed by atoms with van der Waals surface area (Å²) >= 11 is 1.64. The maximum Gasteiger partial charge on any atom is 0.322 e. The third-order valence-corrected chi connectivity index (χ3v) is 7.40. The molecule has 2 aromatic carbocycles. The summed E-state index contributed by atoms with van der Waals surface area (Å²) in [5.74, 6) is 1.36. The zero-order valence-electron chi connectivity index (χ0n) is 20.2. The highest BCUT2D eigenvalue weighted by atomic mass is 32.1. The average molecular weight is 489 g/mol. The van der Waals surface area contributed by atoms with Gasteiger partial charge in [-0.25, -0.2) is 9.48 Å². The van der Waals surface area contributed by atoms with E-state index >= 15 is 0 Å². The number of para-hydroxylation sites is 1. The first-order valence-electron chi connectivity index (χ1n) is 11.5. The van der Waals surface area contributed by atoms with Crippen molar-refractivity contribution in [2.24, 2.45) is 0 Å². The highest BCUT2D eigenvalue weighted by Crippen LogP contribution is 2.42. The van der Waals surface area contributed by atoms with Gasteiger partial charge in [0.1, 0.15) is 0 Å². The lowest BCUT2D eigenvalue weighted by molar-refractivity contribution is 0.194. The minimum Gasteiger partial charge on any atom is -0.493 e. The predicted octanol–water partition coefficient (Wildman–Crippen LogP) is 5.75. The lowest BCUT2D eigenvalue weighted by Crippen LogP contribution is -2.42. The van der Waals surface area contributed by atoms with Crippen LogP contribution in [0.3, 0.4) is 0 Å². The molecule has 0 saturated heterocycles. The number of thiophene rings is 1. The molecule has 4 aromatic rings. The molecule has 0 bridgehead atoms. The summed E-state index contributed by atoms with van der Waals surface area (Å²) in [5, 5.41) is 9.89. The van der Waals surface area contributed by atoms with Gasteiger partial charge in [-0.3, -0.25) is 0 Å². The van der Waals surface area contributed by atoms with Crippen molar-refractivity contribution in [2.45, 2.75) is 26.3 Å². The van der Waals surface area contributed by atoms with E-state index in [9.17, 15) is 4.79 Å². The lowest BCUT2D eigenvalue weighted by Gasteiger charge is -2.37. The first-order valence-corrected chi connectivity index (χ1v) is 12.4. The maximum absolute atomic E-state index is 13.7. The molecule has 2 amide bonds. The second kappa shape index (κ2) is 9.46. The van der Waals surface area contributed by atoms with Gasteiger partial charge in [0.05, 0.1) is 43.0 Å². The van der Waals surface area contributed by atoms with Gasteiger partial charge >= 0.3 is 6.03 Å². The summed E-state index contributed by atoms with van der Waals surface area (Å²) in [5.41, 5.74) is 5.57. The van der Waals surface area contributed by atoms with Crippen LogP contribution in [-0.2, 0) is 6.42 Å². The predicted molar refractivity (Wildman–Crippen MR) is 138 cm³/mol. The number of hydrogen-bond donors (Lipinski definition) is 1. The molecule has 1 aliphatic heterocycles. The van der Waals surface area contributed by atoms with E-state index in [-0.39, 0.29) is 12.1 Å². The molecule has 1 atom stereocenters. The first kappa shape index (κ1) is 23.0. The second-order valence-corrected chi connectivity index (χ2v) is 9.47. The number of aromatic nitrogens is 2. The van der Waals surface area contributed by atoms with Crippen molar-refractivity contribution in [3.05, 3.63) is 87.4 Å². The minimum atomic E-state index is -0.219. The Balaban J connectivity index is 1.50. The Hall–Kier alpha value is -3.78. The summed E-state index contributed by atoms with van der Waals surface area (Å²) in [6.07, 6.45) is 0.728. The van der Waals surface area contributed by atoms with Crippen LogP contribution in [0.1, 0.15) is 33.4 Å². The van der Waals surface area contributed by atoms with Gasteiger partial charge in [0, 0.05) is 11.4 Å². The van der Waals surface area contributed by atoms with Gasteiger partial charge < -0.3 is 19.7 Å². The Morgan fingerprint density at radius 3 is 2.49 bits per heavy atom. The zero-order chi connectivity index (χ0) is 24.5. The Labute approximate surface area is 208 Å². The number of ether oxygens (including phenoxy) is 2. The van der Waals surface area contributed by atoms with Crippen molar-refractivity contribution in [3.63, 3.8) is 0 Å². The van der Waals surface area contributed by atoms with E-state index in [4.69, 9.17) is 9.47 Å². The number of benzene rings is 2. The van der Waals surface area contributed by atoms with Crippen molar-refractivity contribution in [3.8, 4) is 17.2 Å². The van der Waals surface area contributed by atoms with Crippen molar-refractivity contribution in [2.75, 3.05) is 26.1 Å². The van der Waals surface area contributed by atoms with Gasteiger partial charge in [0.25, 0.3) is 0 Å². The molecule has 1 aliphatic rings. The van der Waals surface area contributed by atoms with Crippen LogP contribution in [0, 0.1) is 13.8 Å². The molecule has 1 N–H and O–H groups in total. The highest BCUT2D eigenvalue weighted by molar-refractivity contribution is 7.10. The third kappa shape index (κ3) is 4.14. The number of carbonyl (C=O) groups excluding carboxylic acids is 1. The van der Waals surface area contributed by atoms with E-state index in [2.05, 4.69) is 16.5 Å². The van der Waals surface area contributed by atoms with E-state index in [1.165, 1.54) is 0 Å². The average Bonchev–Trinajstić information content (AvgIpc) is 3.52. The van der Waals surface area contributed by atoms with Gasteiger partial charge in [-0.1, -0.05) is 24.3 Å². The molecule has 35 heavy (non-hydrogen) atoms. The molecular weight excluding hydrogens is 460 g/mol. The number of urea groups is 1. The Kier molecular flexibility index (Phi) is 6.21. The van der Waals surface area contributed by atoms with Gasteiger partial charge in [0.15, 0.2) is 11.5 Å². The normalized spacial score (nSPS) is 15.0. The number of methoxy groups -OCH3 is 2. The zero-order valence-corrected chi connectivity index (χ0v) is 21.1. The van der Waals surface area contributed by atoms with Crippen molar-refractivity contribution >= 4 is 23.1 Å². The molecule has 0 saturated carbocycles. The molecule has 2 aromatic heterocycles. The van der Waals surface area contributed by atoms with Crippen LogP contribution in [0.2, 0.25) is 0 Å². The molecule has 0 radical (unpaired) electrons. The third-order valence-electron chi connectivity index (χ3n) is 6.47. The topological polar surface area (TPSA) is 68.6 Å². The van der Waals surface area contributed by atoms with Crippen LogP contribution in [0.5, 0.6) is 11.5 Å². The fourth-order valence-electron chi connectivity index (χ4n) is 4.74. The van der Waals surface area contributed by atoms with E-state index < -0.39 is 0 Å². The summed E-state index contributed by atoms with van der Waals surface area (Å²) < 4.78 is 13.0. The largest absolute Gasteiger partial charge is 0.493 e. The summed E-state index contributed by atoms with van der Waals surface area (Å²) in [6, 6.07) is 17.7. The highest BCUT2D eigenvalue weighted by Gasteiger charge is 2.34. The number of amides is 2. The van der Waals surface area contributed by atoms with Crippen molar-refractivity contribution in [1.29, 1.82) is 0 Å². The molecule has 0 aliphatic carbocycles. The van der Waals surface area contributed by atoms with Gasteiger partial charge in [-0.2, -0.15) is 5.10 Å². The lowest BCUT2D eigenvalue weighted by atomic mass is 9.91. The van der Waals surface area contributed by atoms with E-state index in [0.717, 1.165) is 45.2 Å². The van der Waals surface area contributed by atoms with Gasteiger partial charge in [-0.05, 0) is 67.1 Å². The molecule has 0 fully saturated rings. The molecule has 5 rings (SSSR count). The van der Waals surface area contributed by atoms with E-state index in [0.29, 0.717) is 18.0 Å². The number of aryl methyl sites for hydroxylation is 1. The second-order valence-electron chi connectivity index (χ2n) is 8.49. The van der Waals surface area contributed by atoms with E-state index in [1.807, 2.05) is 77.3 Å². The molecule has 3 heterocycles. The number of fused-ring (bicyclic) bond motifs is 1. The quantitative estimate of drug-likeness (QED) is 0.389. The van der Waals surface area contributed by atoms with E-state index in [1.54, 1.807) is 25.6 Å². The molecule has 180 valence electrons.